The van der Waals surface area contributed by atoms with Crippen LogP contribution in [0.4, 0.5) is 26.4 Å². The first-order chi connectivity index (χ1) is 13.0. The maximum Gasteiger partial charge on any atom is 0.409 e. The number of amides is 1. The van der Waals surface area contributed by atoms with Gasteiger partial charge in [0, 0.05) is 45.5 Å². The molecule has 2 aliphatic heterocycles. The summed E-state index contributed by atoms with van der Waals surface area (Å²) in [6.45, 7) is 4.45. The number of carbonyl (C=O) groups excluding carboxylic acids is 1. The van der Waals surface area contributed by atoms with Crippen LogP contribution >= 0.6 is 0 Å². The van der Waals surface area contributed by atoms with E-state index in [1.807, 2.05) is 13.2 Å². The summed E-state index contributed by atoms with van der Waals surface area (Å²) < 4.78 is 20.5. The molecule has 1 fully saturated rings. The van der Waals surface area contributed by atoms with Crippen LogP contribution in [-0.2, 0) is 11.8 Å². The van der Waals surface area contributed by atoms with E-state index in [4.69, 9.17) is 9.73 Å². The van der Waals surface area contributed by atoms with Gasteiger partial charge in [-0.1, -0.05) is 0 Å². The van der Waals surface area contributed by atoms with Crippen LogP contribution in [0.2, 0.25) is 0 Å². The van der Waals surface area contributed by atoms with Crippen LogP contribution in [0.3, 0.4) is 0 Å². The average molecular weight is 372 g/mol. The lowest BCUT2D eigenvalue weighted by molar-refractivity contribution is 0.0921. The predicted octanol–water partition coefficient (Wildman–Crippen LogP) is 2.47. The molecule has 0 saturated carbocycles. The second kappa shape index (κ2) is 6.90. The summed E-state index contributed by atoms with van der Waals surface area (Å²) in [5, 5.41) is 7.70. The zero-order valence-corrected chi connectivity index (χ0v) is 15.3. The van der Waals surface area contributed by atoms with Gasteiger partial charge in [-0.15, -0.1) is 0 Å². The van der Waals surface area contributed by atoms with Crippen molar-refractivity contribution in [1.29, 1.82) is 0 Å². The summed E-state index contributed by atoms with van der Waals surface area (Å²) >= 11 is 0. The molecule has 142 valence electrons. The Morgan fingerprint density at radius 2 is 2.07 bits per heavy atom. The van der Waals surface area contributed by atoms with Crippen molar-refractivity contribution in [1.82, 2.24) is 19.6 Å². The van der Waals surface area contributed by atoms with Crippen molar-refractivity contribution < 1.29 is 13.9 Å². The zero-order valence-electron chi connectivity index (χ0n) is 15.3. The van der Waals surface area contributed by atoms with Crippen LogP contribution in [0.5, 0.6) is 0 Å². The fourth-order valence-electron chi connectivity index (χ4n) is 3.31. The summed E-state index contributed by atoms with van der Waals surface area (Å²) in [7, 11) is 1.85. The second-order valence-corrected chi connectivity index (χ2v) is 6.46. The Hall–Kier alpha value is -3.10. The van der Waals surface area contributed by atoms with Gasteiger partial charge in [-0.2, -0.15) is 5.10 Å². The number of anilines is 2. The molecule has 1 N–H and O–H groups in total. The van der Waals surface area contributed by atoms with E-state index >= 15 is 0 Å². The molecule has 2 aliphatic rings. The number of halogens is 1. The number of ether oxygens (including phenoxy) is 1. The van der Waals surface area contributed by atoms with Gasteiger partial charge in [0.05, 0.1) is 23.5 Å². The van der Waals surface area contributed by atoms with Gasteiger partial charge in [-0.3, -0.25) is 4.68 Å². The summed E-state index contributed by atoms with van der Waals surface area (Å²) in [6, 6.07) is 4.46. The van der Waals surface area contributed by atoms with E-state index in [9.17, 15) is 9.18 Å². The van der Waals surface area contributed by atoms with E-state index in [1.165, 1.54) is 12.1 Å². The third-order valence-corrected chi connectivity index (χ3v) is 4.61. The van der Waals surface area contributed by atoms with Crippen LogP contribution in [0.1, 0.15) is 12.5 Å². The molecule has 1 aromatic heterocycles. The van der Waals surface area contributed by atoms with Crippen molar-refractivity contribution in [2.45, 2.75) is 6.92 Å². The number of aromatic nitrogens is 2. The highest BCUT2D eigenvalue weighted by Gasteiger charge is 2.28. The number of benzene rings is 1. The van der Waals surface area contributed by atoms with Crippen molar-refractivity contribution in [2.75, 3.05) is 38.1 Å². The van der Waals surface area contributed by atoms with Crippen molar-refractivity contribution in [2.24, 2.45) is 12.0 Å². The van der Waals surface area contributed by atoms with Crippen molar-refractivity contribution in [3.63, 3.8) is 0 Å². The number of nitrogens with one attached hydrogen (secondary N) is 1. The Balaban J connectivity index is 1.65. The van der Waals surface area contributed by atoms with Crippen molar-refractivity contribution in [3.05, 3.63) is 35.8 Å². The van der Waals surface area contributed by atoms with E-state index in [0.29, 0.717) is 50.0 Å². The van der Waals surface area contributed by atoms with Crippen LogP contribution in [0, 0.1) is 5.82 Å². The van der Waals surface area contributed by atoms with Gasteiger partial charge in [-0.05, 0) is 19.1 Å². The lowest BCUT2D eigenvalue weighted by atomic mass is 10.2. The molecule has 0 unspecified atom stereocenters. The van der Waals surface area contributed by atoms with Crippen LogP contribution in [-0.4, -0.2) is 64.3 Å². The molecule has 0 bridgehead atoms. The first-order valence-electron chi connectivity index (χ1n) is 8.91. The number of carbonyl (C=O) groups is 1. The molecule has 27 heavy (non-hydrogen) atoms. The van der Waals surface area contributed by atoms with E-state index in [2.05, 4.69) is 15.3 Å². The largest absolute Gasteiger partial charge is 0.450 e. The molecular formula is C18H21FN6O2. The molecule has 0 aliphatic carbocycles. The summed E-state index contributed by atoms with van der Waals surface area (Å²) in [6.07, 6.45) is 1.59. The Kier molecular flexibility index (Phi) is 4.43. The molecule has 1 aromatic carbocycles. The molecule has 8 nitrogen and oxygen atoms in total. The first-order valence-corrected chi connectivity index (χ1v) is 8.91. The lowest BCUT2D eigenvalue weighted by Crippen LogP contribution is -2.50. The molecule has 4 rings (SSSR count). The molecule has 2 aromatic rings. The molecule has 0 atom stereocenters. The minimum Gasteiger partial charge on any atom is -0.450 e. The quantitative estimate of drug-likeness (QED) is 0.832. The number of hydrogen-bond acceptors (Lipinski definition) is 6. The Morgan fingerprint density at radius 3 is 2.81 bits per heavy atom. The fraction of sp³-hybridized carbons (Fsp3) is 0.389. The Labute approximate surface area is 156 Å². The number of aliphatic imine (C=N–C) groups is 1. The number of hydrogen-bond donors (Lipinski definition) is 1. The topological polar surface area (TPSA) is 75.0 Å². The summed E-state index contributed by atoms with van der Waals surface area (Å²) in [5.74, 6) is 1.05. The molecule has 0 spiro atoms. The van der Waals surface area contributed by atoms with E-state index in [-0.39, 0.29) is 11.9 Å². The monoisotopic (exact) mass is 372 g/mol. The Bertz CT molecular complexity index is 901. The molecular weight excluding hydrogens is 351 g/mol. The fourth-order valence-corrected chi connectivity index (χ4v) is 3.31. The highest BCUT2D eigenvalue weighted by Crippen LogP contribution is 2.34. The Morgan fingerprint density at radius 1 is 1.30 bits per heavy atom. The molecule has 3 heterocycles. The number of piperazine rings is 1. The van der Waals surface area contributed by atoms with Gasteiger partial charge >= 0.3 is 6.09 Å². The van der Waals surface area contributed by atoms with Gasteiger partial charge in [0.1, 0.15) is 11.7 Å². The van der Waals surface area contributed by atoms with E-state index in [1.54, 1.807) is 22.6 Å². The molecule has 9 heteroatoms. The number of rotatable bonds is 1. The maximum absolute atomic E-state index is 13.7. The van der Waals surface area contributed by atoms with Crippen molar-refractivity contribution in [3.8, 4) is 0 Å². The molecule has 0 radical (unpaired) electrons. The summed E-state index contributed by atoms with van der Waals surface area (Å²) in [4.78, 5) is 20.4. The number of aryl methyl sites for hydroxylation is 1. The molecule has 1 amide bonds. The number of nitrogens with zero attached hydrogens (tertiary/aromatic N) is 5. The maximum atomic E-state index is 13.7. The van der Waals surface area contributed by atoms with Gasteiger partial charge in [0.15, 0.2) is 5.82 Å². The second-order valence-electron chi connectivity index (χ2n) is 6.46. The van der Waals surface area contributed by atoms with Crippen molar-refractivity contribution >= 4 is 29.1 Å². The minimum atomic E-state index is -0.342. The third kappa shape index (κ3) is 3.32. The van der Waals surface area contributed by atoms with E-state index < -0.39 is 0 Å². The third-order valence-electron chi connectivity index (χ3n) is 4.61. The lowest BCUT2D eigenvalue weighted by Gasteiger charge is -2.35. The zero-order chi connectivity index (χ0) is 19.0. The van der Waals surface area contributed by atoms with Crippen LogP contribution < -0.4 is 5.32 Å². The SMILES string of the molecule is CCOC(=O)N1CCN(C2=Nc3cc(F)ccc3Nc3nn(C)cc32)CC1. The van der Waals surface area contributed by atoms with Crippen LogP contribution in [0.25, 0.3) is 0 Å². The highest BCUT2D eigenvalue weighted by atomic mass is 19.1. The van der Waals surface area contributed by atoms with Gasteiger partial charge in [-0.25, -0.2) is 14.2 Å². The summed E-state index contributed by atoms with van der Waals surface area (Å²) in [5.41, 5.74) is 2.08. The smallest absolute Gasteiger partial charge is 0.409 e. The van der Waals surface area contributed by atoms with Crippen LogP contribution in [0.15, 0.2) is 29.4 Å². The standard InChI is InChI=1S/C18H21FN6O2/c1-3-27-18(26)25-8-6-24(7-9-25)17-13-11-23(2)22-16(13)20-14-5-4-12(19)10-15(14)21-17/h4-5,10-11H,3,6-9H2,1-2H3,(H,20,22). The highest BCUT2D eigenvalue weighted by molar-refractivity contribution is 6.06. The normalized spacial score (nSPS) is 16.0. The first kappa shape index (κ1) is 17.3. The van der Waals surface area contributed by atoms with Gasteiger partial charge in [0.25, 0.3) is 0 Å². The number of amidine groups is 1. The predicted molar refractivity (Wildman–Crippen MR) is 99.3 cm³/mol. The van der Waals surface area contributed by atoms with E-state index in [0.717, 1.165) is 11.4 Å². The molecule has 1 saturated heterocycles. The number of fused-ring (bicyclic) bond motifs is 2. The average Bonchev–Trinajstić information content (AvgIpc) is 2.95. The van der Waals surface area contributed by atoms with Gasteiger partial charge in [0.2, 0.25) is 0 Å². The van der Waals surface area contributed by atoms with Gasteiger partial charge < -0.3 is 19.9 Å². The minimum absolute atomic E-state index is 0.295.